The van der Waals surface area contributed by atoms with Crippen LogP contribution in [-0.2, 0) is 11.2 Å². The average Bonchev–Trinajstić information content (AvgIpc) is 2.47. The first-order chi connectivity index (χ1) is 10.0. The van der Waals surface area contributed by atoms with Gasteiger partial charge in [-0.25, -0.2) is 18.7 Å². The fourth-order valence-corrected chi connectivity index (χ4v) is 1.86. The number of aryl methyl sites for hydroxylation is 1. The molecule has 0 aliphatic carbocycles. The SMILES string of the molecule is CCc1ncnc(NC(C(N)=O)c2ccc(F)cc2)c1F. The van der Waals surface area contributed by atoms with Crippen molar-refractivity contribution >= 4 is 11.7 Å². The van der Waals surface area contributed by atoms with Gasteiger partial charge in [0.1, 0.15) is 18.2 Å². The van der Waals surface area contributed by atoms with Gasteiger partial charge in [-0.2, -0.15) is 0 Å². The lowest BCUT2D eigenvalue weighted by atomic mass is 10.1. The summed E-state index contributed by atoms with van der Waals surface area (Å²) >= 11 is 0. The van der Waals surface area contributed by atoms with Crippen molar-refractivity contribution in [2.24, 2.45) is 5.73 Å². The van der Waals surface area contributed by atoms with E-state index in [1.54, 1.807) is 6.92 Å². The molecular formula is C14H14F2N4O. The summed E-state index contributed by atoms with van der Waals surface area (Å²) in [6, 6.07) is 4.18. The number of primary amides is 1. The van der Waals surface area contributed by atoms with Crippen molar-refractivity contribution in [3.05, 3.63) is 53.5 Å². The predicted octanol–water partition coefficient (Wildman–Crippen LogP) is 1.96. The van der Waals surface area contributed by atoms with Crippen molar-refractivity contribution in [3.8, 4) is 0 Å². The minimum Gasteiger partial charge on any atom is -0.368 e. The molecule has 5 nitrogen and oxygen atoms in total. The number of carbonyl (C=O) groups is 1. The van der Waals surface area contributed by atoms with Crippen molar-refractivity contribution < 1.29 is 13.6 Å². The number of carbonyl (C=O) groups excluding carboxylic acids is 1. The Morgan fingerprint density at radius 3 is 2.52 bits per heavy atom. The third-order valence-corrected chi connectivity index (χ3v) is 2.97. The highest BCUT2D eigenvalue weighted by molar-refractivity contribution is 5.84. The smallest absolute Gasteiger partial charge is 0.244 e. The van der Waals surface area contributed by atoms with Crippen LogP contribution in [0.3, 0.4) is 0 Å². The Labute approximate surface area is 120 Å². The topological polar surface area (TPSA) is 80.9 Å². The van der Waals surface area contributed by atoms with E-state index in [2.05, 4.69) is 15.3 Å². The molecule has 1 heterocycles. The Bertz CT molecular complexity index is 646. The molecule has 1 atom stereocenters. The maximum Gasteiger partial charge on any atom is 0.244 e. The molecule has 0 aliphatic heterocycles. The molecular weight excluding hydrogens is 278 g/mol. The minimum atomic E-state index is -1.01. The second-order valence-corrected chi connectivity index (χ2v) is 4.37. The summed E-state index contributed by atoms with van der Waals surface area (Å²) in [6.45, 7) is 1.75. The van der Waals surface area contributed by atoms with Crippen LogP contribution >= 0.6 is 0 Å². The Hall–Kier alpha value is -2.57. The monoisotopic (exact) mass is 292 g/mol. The van der Waals surface area contributed by atoms with Crippen molar-refractivity contribution in [1.82, 2.24) is 9.97 Å². The van der Waals surface area contributed by atoms with E-state index in [0.29, 0.717) is 12.0 Å². The van der Waals surface area contributed by atoms with Crippen LogP contribution in [0.25, 0.3) is 0 Å². The fraction of sp³-hybridized carbons (Fsp3) is 0.214. The zero-order valence-corrected chi connectivity index (χ0v) is 11.3. The molecule has 0 fully saturated rings. The molecule has 0 saturated heterocycles. The number of anilines is 1. The Kier molecular flexibility index (Phi) is 4.42. The number of nitrogens with one attached hydrogen (secondary N) is 1. The van der Waals surface area contributed by atoms with E-state index in [1.165, 1.54) is 30.6 Å². The van der Waals surface area contributed by atoms with Crippen LogP contribution in [0.15, 0.2) is 30.6 Å². The van der Waals surface area contributed by atoms with Gasteiger partial charge < -0.3 is 11.1 Å². The first kappa shape index (κ1) is 14.8. The normalized spacial score (nSPS) is 12.0. The van der Waals surface area contributed by atoms with E-state index < -0.39 is 23.6 Å². The van der Waals surface area contributed by atoms with Crippen LogP contribution in [-0.4, -0.2) is 15.9 Å². The molecule has 0 bridgehead atoms. The van der Waals surface area contributed by atoms with Crippen LogP contribution in [0.5, 0.6) is 0 Å². The number of halogens is 2. The van der Waals surface area contributed by atoms with Gasteiger partial charge in [-0.05, 0) is 24.1 Å². The maximum absolute atomic E-state index is 14.1. The molecule has 1 aromatic heterocycles. The average molecular weight is 292 g/mol. The molecule has 2 aromatic rings. The standard InChI is InChI=1S/C14H14F2N4O/c1-2-10-11(16)14(19-7-18-10)20-12(13(17)21)8-3-5-9(15)6-4-8/h3-7,12H,2H2,1H3,(H2,17,21)(H,18,19,20). The van der Waals surface area contributed by atoms with Gasteiger partial charge in [0, 0.05) is 0 Å². The van der Waals surface area contributed by atoms with E-state index >= 15 is 0 Å². The van der Waals surface area contributed by atoms with Crippen LogP contribution in [0, 0.1) is 11.6 Å². The summed E-state index contributed by atoms with van der Waals surface area (Å²) in [5.74, 6) is -1.91. The van der Waals surface area contributed by atoms with E-state index in [9.17, 15) is 13.6 Å². The van der Waals surface area contributed by atoms with E-state index in [4.69, 9.17) is 5.73 Å². The van der Waals surface area contributed by atoms with E-state index in [0.717, 1.165) is 0 Å². The molecule has 2 rings (SSSR count). The van der Waals surface area contributed by atoms with Crippen LogP contribution in [0.4, 0.5) is 14.6 Å². The summed E-state index contributed by atoms with van der Waals surface area (Å²) in [6.07, 6.45) is 1.59. The Morgan fingerprint density at radius 2 is 1.95 bits per heavy atom. The van der Waals surface area contributed by atoms with Gasteiger partial charge in [0.15, 0.2) is 11.6 Å². The number of amides is 1. The van der Waals surface area contributed by atoms with Crippen molar-refractivity contribution in [3.63, 3.8) is 0 Å². The molecule has 1 aromatic carbocycles. The van der Waals surface area contributed by atoms with Crippen molar-refractivity contribution in [2.75, 3.05) is 5.32 Å². The zero-order chi connectivity index (χ0) is 15.4. The molecule has 0 spiro atoms. The molecule has 0 radical (unpaired) electrons. The van der Waals surface area contributed by atoms with Gasteiger partial charge in [0.05, 0.1) is 5.69 Å². The quantitative estimate of drug-likeness (QED) is 0.882. The van der Waals surface area contributed by atoms with E-state index in [1.807, 2.05) is 0 Å². The number of rotatable bonds is 5. The summed E-state index contributed by atoms with van der Waals surface area (Å²) in [4.78, 5) is 19.1. The number of aromatic nitrogens is 2. The summed E-state index contributed by atoms with van der Waals surface area (Å²) in [5.41, 5.74) is 5.96. The molecule has 3 N–H and O–H groups in total. The highest BCUT2D eigenvalue weighted by atomic mass is 19.1. The number of benzene rings is 1. The number of nitrogens with zero attached hydrogens (tertiary/aromatic N) is 2. The molecule has 110 valence electrons. The first-order valence-corrected chi connectivity index (χ1v) is 6.33. The zero-order valence-electron chi connectivity index (χ0n) is 11.3. The molecule has 1 unspecified atom stereocenters. The third-order valence-electron chi connectivity index (χ3n) is 2.97. The predicted molar refractivity (Wildman–Crippen MR) is 73.3 cm³/mol. The Morgan fingerprint density at radius 1 is 1.29 bits per heavy atom. The van der Waals surface area contributed by atoms with Gasteiger partial charge in [-0.15, -0.1) is 0 Å². The maximum atomic E-state index is 14.1. The van der Waals surface area contributed by atoms with Crippen molar-refractivity contribution in [1.29, 1.82) is 0 Å². The lowest BCUT2D eigenvalue weighted by molar-refractivity contribution is -0.118. The van der Waals surface area contributed by atoms with Crippen LogP contribution in [0.2, 0.25) is 0 Å². The molecule has 1 amide bonds. The highest BCUT2D eigenvalue weighted by Crippen LogP contribution is 2.21. The Balaban J connectivity index is 2.33. The molecule has 21 heavy (non-hydrogen) atoms. The fourth-order valence-electron chi connectivity index (χ4n) is 1.86. The summed E-state index contributed by atoms with van der Waals surface area (Å²) < 4.78 is 27.0. The van der Waals surface area contributed by atoms with Crippen molar-refractivity contribution in [2.45, 2.75) is 19.4 Å². The summed E-state index contributed by atoms with van der Waals surface area (Å²) in [5, 5.41) is 2.63. The lowest BCUT2D eigenvalue weighted by Crippen LogP contribution is -2.28. The second kappa shape index (κ2) is 6.25. The third kappa shape index (κ3) is 3.31. The van der Waals surface area contributed by atoms with E-state index in [-0.39, 0.29) is 11.5 Å². The van der Waals surface area contributed by atoms with Crippen LogP contribution in [0.1, 0.15) is 24.2 Å². The number of nitrogens with two attached hydrogens (primary N) is 1. The van der Waals surface area contributed by atoms with Gasteiger partial charge in [-0.1, -0.05) is 19.1 Å². The second-order valence-electron chi connectivity index (χ2n) is 4.37. The van der Waals surface area contributed by atoms with Gasteiger partial charge in [-0.3, -0.25) is 4.79 Å². The molecule has 0 aliphatic rings. The highest BCUT2D eigenvalue weighted by Gasteiger charge is 2.21. The first-order valence-electron chi connectivity index (χ1n) is 6.33. The minimum absolute atomic E-state index is 0.116. The number of hydrogen-bond acceptors (Lipinski definition) is 4. The molecule has 0 saturated carbocycles. The van der Waals surface area contributed by atoms with Gasteiger partial charge in [0.25, 0.3) is 0 Å². The number of hydrogen-bond donors (Lipinski definition) is 2. The van der Waals surface area contributed by atoms with Gasteiger partial charge in [0.2, 0.25) is 5.91 Å². The lowest BCUT2D eigenvalue weighted by Gasteiger charge is -2.17. The summed E-state index contributed by atoms with van der Waals surface area (Å²) in [7, 11) is 0. The van der Waals surface area contributed by atoms with Gasteiger partial charge >= 0.3 is 0 Å². The molecule has 7 heteroatoms. The largest absolute Gasteiger partial charge is 0.368 e. The van der Waals surface area contributed by atoms with Crippen LogP contribution < -0.4 is 11.1 Å².